The number of rotatable bonds is 3. The SMILES string of the molecule is CC/C(C)=C(\Cl)[Se]c1ccccc1. The number of allylic oxidation sites excluding steroid dienone is 1. The van der Waals surface area contributed by atoms with Crippen molar-refractivity contribution in [1.29, 1.82) is 0 Å². The van der Waals surface area contributed by atoms with E-state index in [1.165, 1.54) is 10.0 Å². The molecule has 13 heavy (non-hydrogen) atoms. The molecule has 0 aromatic heterocycles. The van der Waals surface area contributed by atoms with Crippen molar-refractivity contribution in [1.82, 2.24) is 0 Å². The maximum atomic E-state index is 6.17. The van der Waals surface area contributed by atoms with Crippen LogP contribution in [0, 0.1) is 0 Å². The Morgan fingerprint density at radius 1 is 1.31 bits per heavy atom. The van der Waals surface area contributed by atoms with Crippen LogP contribution in [0.4, 0.5) is 0 Å². The van der Waals surface area contributed by atoms with E-state index >= 15 is 0 Å². The van der Waals surface area contributed by atoms with Gasteiger partial charge in [-0.3, -0.25) is 0 Å². The monoisotopic (exact) mass is 260 g/mol. The molecule has 0 fully saturated rings. The summed E-state index contributed by atoms with van der Waals surface area (Å²) in [6.07, 6.45) is 1.05. The third-order valence-electron chi connectivity index (χ3n) is 1.82. The Kier molecular flexibility index (Phi) is 4.58. The summed E-state index contributed by atoms with van der Waals surface area (Å²) in [5, 5.41) is 0. The molecule has 0 spiro atoms. The van der Waals surface area contributed by atoms with Gasteiger partial charge in [0.05, 0.1) is 0 Å². The van der Waals surface area contributed by atoms with Gasteiger partial charge in [0.25, 0.3) is 0 Å². The van der Waals surface area contributed by atoms with Gasteiger partial charge in [0.1, 0.15) is 0 Å². The van der Waals surface area contributed by atoms with Gasteiger partial charge in [-0.15, -0.1) is 0 Å². The average Bonchev–Trinajstić information content (AvgIpc) is 2.18. The summed E-state index contributed by atoms with van der Waals surface area (Å²) in [6.45, 7) is 4.24. The molecule has 0 saturated carbocycles. The third-order valence-corrected chi connectivity index (χ3v) is 4.71. The zero-order valence-electron chi connectivity index (χ0n) is 7.88. The van der Waals surface area contributed by atoms with E-state index in [1.54, 1.807) is 0 Å². The van der Waals surface area contributed by atoms with Crippen LogP contribution in [-0.2, 0) is 0 Å². The predicted octanol–water partition coefficient (Wildman–Crippen LogP) is 2.90. The number of hydrogen-bond acceptors (Lipinski definition) is 0. The first-order chi connectivity index (χ1) is 6.24. The Hall–Kier alpha value is -0.231. The van der Waals surface area contributed by atoms with Crippen LogP contribution in [0.25, 0.3) is 0 Å². The molecule has 0 N–H and O–H groups in total. The van der Waals surface area contributed by atoms with E-state index in [-0.39, 0.29) is 0 Å². The Balaban J connectivity index is 2.70. The van der Waals surface area contributed by atoms with Crippen molar-refractivity contribution < 1.29 is 0 Å². The van der Waals surface area contributed by atoms with Crippen LogP contribution >= 0.6 is 11.6 Å². The third kappa shape index (κ3) is 3.56. The first-order valence-corrected chi connectivity index (χ1v) is 6.41. The van der Waals surface area contributed by atoms with Crippen LogP contribution in [-0.4, -0.2) is 15.0 Å². The summed E-state index contributed by atoms with van der Waals surface area (Å²) in [4.78, 5) is 0. The normalized spacial score (nSPS) is 12.5. The number of hydrogen-bond donors (Lipinski definition) is 0. The van der Waals surface area contributed by atoms with Crippen LogP contribution in [0.1, 0.15) is 20.3 Å². The Labute approximate surface area is 91.2 Å². The minimum absolute atomic E-state index is 0.295. The van der Waals surface area contributed by atoms with E-state index in [2.05, 4.69) is 38.1 Å². The van der Waals surface area contributed by atoms with Crippen LogP contribution in [0.2, 0.25) is 0 Å². The van der Waals surface area contributed by atoms with Gasteiger partial charge in [-0.2, -0.15) is 0 Å². The van der Waals surface area contributed by atoms with Crippen LogP contribution in [0.3, 0.4) is 0 Å². The fraction of sp³-hybridized carbons (Fsp3) is 0.273. The minimum atomic E-state index is 0.295. The van der Waals surface area contributed by atoms with Gasteiger partial charge >= 0.3 is 91.1 Å². The molecule has 1 aromatic rings. The second kappa shape index (κ2) is 5.49. The molecular weight excluding hydrogens is 247 g/mol. The molecule has 70 valence electrons. The van der Waals surface area contributed by atoms with Gasteiger partial charge in [-0.1, -0.05) is 0 Å². The van der Waals surface area contributed by atoms with Gasteiger partial charge < -0.3 is 0 Å². The van der Waals surface area contributed by atoms with Crippen molar-refractivity contribution in [2.75, 3.05) is 0 Å². The zero-order valence-corrected chi connectivity index (χ0v) is 10.3. The van der Waals surface area contributed by atoms with Crippen molar-refractivity contribution in [3.8, 4) is 0 Å². The molecule has 0 nitrogen and oxygen atoms in total. The van der Waals surface area contributed by atoms with E-state index in [1.807, 2.05) is 6.07 Å². The van der Waals surface area contributed by atoms with Gasteiger partial charge in [0, 0.05) is 0 Å². The molecule has 0 aliphatic rings. The molecule has 0 atom stereocenters. The van der Waals surface area contributed by atoms with Crippen LogP contribution in [0.5, 0.6) is 0 Å². The van der Waals surface area contributed by atoms with Crippen molar-refractivity contribution in [3.63, 3.8) is 0 Å². The molecule has 0 heterocycles. The summed E-state index contributed by atoms with van der Waals surface area (Å²) in [5.74, 6) is 0. The molecular formula is C11H13ClSe. The van der Waals surface area contributed by atoms with Gasteiger partial charge in [-0.25, -0.2) is 0 Å². The zero-order chi connectivity index (χ0) is 9.68. The second-order valence-electron chi connectivity index (χ2n) is 2.82. The van der Waals surface area contributed by atoms with Gasteiger partial charge in [0.2, 0.25) is 0 Å². The van der Waals surface area contributed by atoms with Gasteiger partial charge in [0.15, 0.2) is 0 Å². The van der Waals surface area contributed by atoms with Crippen LogP contribution < -0.4 is 4.46 Å². The van der Waals surface area contributed by atoms with Crippen molar-refractivity contribution in [2.24, 2.45) is 0 Å². The summed E-state index contributed by atoms with van der Waals surface area (Å²) in [6, 6.07) is 10.4. The molecule has 1 aromatic carbocycles. The topological polar surface area (TPSA) is 0 Å². The first kappa shape index (κ1) is 10.8. The predicted molar refractivity (Wildman–Crippen MR) is 60.7 cm³/mol. The summed E-state index contributed by atoms with van der Waals surface area (Å²) >= 11 is 6.47. The maximum absolute atomic E-state index is 6.17. The quantitative estimate of drug-likeness (QED) is 0.732. The van der Waals surface area contributed by atoms with E-state index in [9.17, 15) is 0 Å². The Morgan fingerprint density at radius 2 is 1.92 bits per heavy atom. The average molecular weight is 260 g/mol. The molecule has 1 rings (SSSR count). The molecule has 0 aliphatic carbocycles. The second-order valence-corrected chi connectivity index (χ2v) is 5.98. The molecule has 0 bridgehead atoms. The van der Waals surface area contributed by atoms with Gasteiger partial charge in [-0.05, 0) is 0 Å². The number of halogens is 1. The fourth-order valence-corrected chi connectivity index (χ4v) is 3.13. The first-order valence-electron chi connectivity index (χ1n) is 4.32. The van der Waals surface area contributed by atoms with E-state index in [0.717, 1.165) is 10.4 Å². The molecule has 2 heteroatoms. The Morgan fingerprint density at radius 3 is 2.46 bits per heavy atom. The standard InChI is InChI=1S/C11H13ClSe/c1-3-9(2)11(12)13-10-7-5-4-6-8-10/h4-8H,3H2,1-2H3/b11-9+. The molecule has 0 aliphatic heterocycles. The molecule has 0 radical (unpaired) electrons. The molecule has 0 unspecified atom stereocenters. The van der Waals surface area contributed by atoms with E-state index in [0.29, 0.717) is 15.0 Å². The van der Waals surface area contributed by atoms with Crippen molar-refractivity contribution in [2.45, 2.75) is 20.3 Å². The van der Waals surface area contributed by atoms with Crippen LogP contribution in [0.15, 0.2) is 39.8 Å². The van der Waals surface area contributed by atoms with E-state index in [4.69, 9.17) is 11.6 Å². The number of benzene rings is 1. The summed E-state index contributed by atoms with van der Waals surface area (Å²) < 4.78 is 2.38. The summed E-state index contributed by atoms with van der Waals surface area (Å²) in [7, 11) is 0. The van der Waals surface area contributed by atoms with Crippen molar-refractivity contribution >= 4 is 31.0 Å². The van der Waals surface area contributed by atoms with Crippen molar-refractivity contribution in [3.05, 3.63) is 39.8 Å². The fourth-order valence-electron chi connectivity index (χ4n) is 0.818. The van der Waals surface area contributed by atoms with E-state index < -0.39 is 0 Å². The molecule has 0 saturated heterocycles. The Bertz CT molecular complexity index is 290. The molecule has 0 amide bonds. The summed E-state index contributed by atoms with van der Waals surface area (Å²) in [5.41, 5.74) is 1.31.